The van der Waals surface area contributed by atoms with E-state index in [2.05, 4.69) is 0 Å². The van der Waals surface area contributed by atoms with Crippen molar-refractivity contribution in [2.45, 2.75) is 24.6 Å². The van der Waals surface area contributed by atoms with E-state index in [-0.39, 0.29) is 17.3 Å². The molecular formula is C15H13F3O4S. The molecule has 0 bridgehead atoms. The van der Waals surface area contributed by atoms with Crippen LogP contribution in [0.2, 0.25) is 0 Å². The van der Waals surface area contributed by atoms with Gasteiger partial charge in [0.1, 0.15) is 12.4 Å². The number of alkyl halides is 3. The molecule has 0 unspecified atom stereocenters. The van der Waals surface area contributed by atoms with Crippen molar-refractivity contribution in [3.8, 4) is 5.75 Å². The Kier molecular flexibility index (Phi) is 4.67. The third kappa shape index (κ3) is 4.46. The zero-order chi connectivity index (χ0) is 17.3. The van der Waals surface area contributed by atoms with Gasteiger partial charge in [0.05, 0.1) is 10.5 Å². The van der Waals surface area contributed by atoms with Crippen LogP contribution in [0.15, 0.2) is 47.4 Å². The van der Waals surface area contributed by atoms with E-state index in [1.54, 1.807) is 6.07 Å². The number of halogens is 3. The molecule has 1 N–H and O–H groups in total. The summed E-state index contributed by atoms with van der Waals surface area (Å²) < 4.78 is 74.3. The molecule has 23 heavy (non-hydrogen) atoms. The van der Waals surface area contributed by atoms with Crippen LogP contribution in [0.5, 0.6) is 5.75 Å². The van der Waals surface area contributed by atoms with E-state index in [1.807, 2.05) is 0 Å². The van der Waals surface area contributed by atoms with E-state index in [0.717, 1.165) is 12.1 Å². The van der Waals surface area contributed by atoms with Crippen molar-refractivity contribution >= 4 is 10.1 Å². The maximum absolute atomic E-state index is 12.6. The average molecular weight is 346 g/mol. The highest BCUT2D eigenvalue weighted by Gasteiger charge is 2.30. The number of ether oxygens (including phenoxy) is 1. The summed E-state index contributed by atoms with van der Waals surface area (Å²) in [6, 6.07) is 8.57. The first-order valence-corrected chi connectivity index (χ1v) is 7.88. The SMILES string of the molecule is Cc1cc(C(F)(F)F)ccc1OCc1cccc(S(=O)(=O)O)c1. The van der Waals surface area contributed by atoms with Gasteiger partial charge in [-0.3, -0.25) is 4.55 Å². The number of hydrogen-bond donors (Lipinski definition) is 1. The van der Waals surface area contributed by atoms with Gasteiger partial charge in [-0.1, -0.05) is 12.1 Å². The van der Waals surface area contributed by atoms with Crippen LogP contribution in [-0.2, 0) is 22.9 Å². The fourth-order valence-corrected chi connectivity index (χ4v) is 2.50. The molecule has 0 saturated carbocycles. The summed E-state index contributed by atoms with van der Waals surface area (Å²) in [5, 5.41) is 0. The summed E-state index contributed by atoms with van der Waals surface area (Å²) >= 11 is 0. The molecule has 0 amide bonds. The summed E-state index contributed by atoms with van der Waals surface area (Å²) in [7, 11) is -4.32. The normalized spacial score (nSPS) is 12.2. The quantitative estimate of drug-likeness (QED) is 0.855. The Balaban J connectivity index is 2.16. The van der Waals surface area contributed by atoms with Crippen LogP contribution in [0.1, 0.15) is 16.7 Å². The molecule has 2 rings (SSSR count). The number of hydrogen-bond acceptors (Lipinski definition) is 3. The highest BCUT2D eigenvalue weighted by molar-refractivity contribution is 7.85. The monoisotopic (exact) mass is 346 g/mol. The van der Waals surface area contributed by atoms with Gasteiger partial charge < -0.3 is 4.74 Å². The van der Waals surface area contributed by atoms with Crippen molar-refractivity contribution < 1.29 is 30.9 Å². The van der Waals surface area contributed by atoms with Crippen molar-refractivity contribution in [2.75, 3.05) is 0 Å². The second-order valence-corrected chi connectivity index (χ2v) is 6.31. The number of benzene rings is 2. The Hall–Kier alpha value is -2.06. The Labute approximate surface area is 131 Å². The summed E-state index contributed by atoms with van der Waals surface area (Å²) in [5.41, 5.74) is 0.000837. The van der Waals surface area contributed by atoms with Crippen LogP contribution in [0.3, 0.4) is 0 Å². The number of aryl methyl sites for hydroxylation is 1. The third-order valence-corrected chi connectivity index (χ3v) is 3.94. The van der Waals surface area contributed by atoms with Crippen LogP contribution in [0.25, 0.3) is 0 Å². The third-order valence-electron chi connectivity index (χ3n) is 3.09. The van der Waals surface area contributed by atoms with Gasteiger partial charge >= 0.3 is 6.18 Å². The smallest absolute Gasteiger partial charge is 0.416 e. The zero-order valence-corrected chi connectivity index (χ0v) is 12.8. The summed E-state index contributed by atoms with van der Waals surface area (Å²) in [6.07, 6.45) is -4.42. The van der Waals surface area contributed by atoms with Crippen LogP contribution in [0, 0.1) is 6.92 Å². The maximum Gasteiger partial charge on any atom is 0.416 e. The lowest BCUT2D eigenvalue weighted by Crippen LogP contribution is -2.06. The predicted octanol–water partition coefficient (Wildman–Crippen LogP) is 3.84. The van der Waals surface area contributed by atoms with Gasteiger partial charge in [-0.25, -0.2) is 0 Å². The van der Waals surface area contributed by atoms with Crippen molar-refractivity contribution in [3.63, 3.8) is 0 Å². The molecule has 0 atom stereocenters. The fraction of sp³-hybridized carbons (Fsp3) is 0.200. The molecule has 0 spiro atoms. The van der Waals surface area contributed by atoms with Crippen LogP contribution in [0.4, 0.5) is 13.2 Å². The summed E-state index contributed by atoms with van der Waals surface area (Å²) in [5.74, 6) is 0.259. The van der Waals surface area contributed by atoms with Crippen LogP contribution >= 0.6 is 0 Å². The first-order chi connectivity index (χ1) is 10.6. The molecule has 0 radical (unpaired) electrons. The summed E-state index contributed by atoms with van der Waals surface area (Å²) in [6.45, 7) is 1.44. The highest BCUT2D eigenvalue weighted by Crippen LogP contribution is 2.32. The molecule has 0 aliphatic carbocycles. The molecule has 0 saturated heterocycles. The number of rotatable bonds is 4. The molecule has 0 aliphatic rings. The average Bonchev–Trinajstić information content (AvgIpc) is 2.44. The van der Waals surface area contributed by atoms with Gasteiger partial charge in [-0.05, 0) is 48.4 Å². The lowest BCUT2D eigenvalue weighted by atomic mass is 10.1. The minimum atomic E-state index is -4.42. The molecule has 0 aromatic heterocycles. The van der Waals surface area contributed by atoms with Crippen LogP contribution < -0.4 is 4.74 Å². The van der Waals surface area contributed by atoms with Gasteiger partial charge in [0.15, 0.2) is 0 Å². The second-order valence-electron chi connectivity index (χ2n) is 4.89. The van der Waals surface area contributed by atoms with Crippen molar-refractivity contribution in [3.05, 3.63) is 59.2 Å². The van der Waals surface area contributed by atoms with E-state index in [0.29, 0.717) is 11.1 Å². The molecule has 0 fully saturated rings. The van der Waals surface area contributed by atoms with Gasteiger partial charge in [0.2, 0.25) is 0 Å². The molecule has 8 heteroatoms. The molecule has 2 aromatic rings. The lowest BCUT2D eigenvalue weighted by molar-refractivity contribution is -0.137. The van der Waals surface area contributed by atoms with E-state index in [4.69, 9.17) is 9.29 Å². The summed E-state index contributed by atoms with van der Waals surface area (Å²) in [4.78, 5) is -0.275. The topological polar surface area (TPSA) is 63.6 Å². The predicted molar refractivity (Wildman–Crippen MR) is 76.8 cm³/mol. The first-order valence-electron chi connectivity index (χ1n) is 6.44. The molecule has 4 nitrogen and oxygen atoms in total. The van der Waals surface area contributed by atoms with E-state index in [1.165, 1.54) is 31.2 Å². The lowest BCUT2D eigenvalue weighted by Gasteiger charge is -2.12. The van der Waals surface area contributed by atoms with Gasteiger partial charge in [0.25, 0.3) is 10.1 Å². The van der Waals surface area contributed by atoms with Crippen molar-refractivity contribution in [2.24, 2.45) is 0 Å². The first kappa shape index (κ1) is 17.3. The van der Waals surface area contributed by atoms with E-state index < -0.39 is 21.9 Å². The molecule has 124 valence electrons. The maximum atomic E-state index is 12.6. The van der Waals surface area contributed by atoms with Crippen molar-refractivity contribution in [1.82, 2.24) is 0 Å². The zero-order valence-electron chi connectivity index (χ0n) is 12.0. The fourth-order valence-electron chi connectivity index (χ4n) is 1.94. The minimum Gasteiger partial charge on any atom is -0.489 e. The van der Waals surface area contributed by atoms with E-state index >= 15 is 0 Å². The minimum absolute atomic E-state index is 0.0461. The van der Waals surface area contributed by atoms with Gasteiger partial charge in [-0.2, -0.15) is 21.6 Å². The Morgan fingerprint density at radius 3 is 2.39 bits per heavy atom. The molecular weight excluding hydrogens is 333 g/mol. The Bertz CT molecular complexity index is 814. The van der Waals surface area contributed by atoms with Crippen LogP contribution in [-0.4, -0.2) is 13.0 Å². The molecule has 0 heterocycles. The molecule has 0 aliphatic heterocycles. The Morgan fingerprint density at radius 1 is 1.13 bits per heavy atom. The van der Waals surface area contributed by atoms with Crippen molar-refractivity contribution in [1.29, 1.82) is 0 Å². The Morgan fingerprint density at radius 2 is 1.83 bits per heavy atom. The van der Waals surface area contributed by atoms with E-state index in [9.17, 15) is 21.6 Å². The molecule has 2 aromatic carbocycles. The van der Waals surface area contributed by atoms with Gasteiger partial charge in [-0.15, -0.1) is 0 Å². The largest absolute Gasteiger partial charge is 0.489 e. The van der Waals surface area contributed by atoms with Gasteiger partial charge in [0, 0.05) is 0 Å². The standard InChI is InChI=1S/C15H13F3O4S/c1-10-7-12(15(16,17)18)5-6-14(10)22-9-11-3-2-4-13(8-11)23(19,20)21/h2-8H,9H2,1H3,(H,19,20,21). The highest BCUT2D eigenvalue weighted by atomic mass is 32.2. The second kappa shape index (κ2) is 6.21.